The fourth-order valence-corrected chi connectivity index (χ4v) is 4.60. The predicted molar refractivity (Wildman–Crippen MR) is 131 cm³/mol. The molecule has 0 radical (unpaired) electrons. The summed E-state index contributed by atoms with van der Waals surface area (Å²) >= 11 is 0. The molecule has 2 heterocycles. The Labute approximate surface area is 207 Å². The molecule has 1 amide bonds. The molecule has 5 rings (SSSR count). The zero-order chi connectivity index (χ0) is 25.1. The minimum Gasteiger partial charge on any atom is -0.497 e. The molecule has 36 heavy (non-hydrogen) atoms. The van der Waals surface area contributed by atoms with Gasteiger partial charge in [-0.05, 0) is 47.5 Å². The third kappa shape index (κ3) is 4.85. The van der Waals surface area contributed by atoms with Crippen LogP contribution in [-0.4, -0.2) is 54.0 Å². The molecule has 0 spiro atoms. The van der Waals surface area contributed by atoms with E-state index in [4.69, 9.17) is 9.15 Å². The van der Waals surface area contributed by atoms with E-state index in [2.05, 4.69) is 9.88 Å². The highest BCUT2D eigenvalue weighted by Crippen LogP contribution is 2.31. The molecule has 184 valence electrons. The number of methoxy groups -OCH3 is 1. The van der Waals surface area contributed by atoms with Gasteiger partial charge in [0, 0.05) is 31.7 Å². The molecule has 1 aromatic heterocycles. The first-order valence-electron chi connectivity index (χ1n) is 11.7. The number of carbonyl (C=O) groups excluding carboxylic acids is 1. The van der Waals surface area contributed by atoms with Gasteiger partial charge in [-0.3, -0.25) is 9.69 Å². The van der Waals surface area contributed by atoms with Gasteiger partial charge in [0.1, 0.15) is 17.4 Å². The van der Waals surface area contributed by atoms with Crippen LogP contribution in [0.5, 0.6) is 5.75 Å². The maximum atomic E-state index is 13.6. The van der Waals surface area contributed by atoms with Crippen LogP contribution in [0.25, 0.3) is 11.3 Å². The minimum atomic E-state index is -0.313. The first kappa shape index (κ1) is 23.7. The molecule has 4 aromatic rings. The molecule has 0 saturated carbocycles. The fraction of sp³-hybridized carbons (Fsp3) is 0.214. The summed E-state index contributed by atoms with van der Waals surface area (Å²) in [5, 5.41) is 0. The molecule has 6 nitrogen and oxygen atoms in total. The van der Waals surface area contributed by atoms with Gasteiger partial charge in [0.25, 0.3) is 5.91 Å². The SMILES string of the molecule is COc1cccc(-c2ocnc2C(=O)N2CCN(C(c3ccc(F)cc3)c3ccc(F)cc3)CC2)c1. The van der Waals surface area contributed by atoms with Gasteiger partial charge in [0.05, 0.1) is 13.2 Å². The summed E-state index contributed by atoms with van der Waals surface area (Å²) in [6.45, 7) is 2.11. The van der Waals surface area contributed by atoms with E-state index in [0.717, 1.165) is 11.1 Å². The molecule has 1 saturated heterocycles. The Morgan fingerprint density at radius 2 is 1.53 bits per heavy atom. The van der Waals surface area contributed by atoms with E-state index in [1.54, 1.807) is 42.3 Å². The van der Waals surface area contributed by atoms with Crippen molar-refractivity contribution in [3.8, 4) is 17.1 Å². The van der Waals surface area contributed by atoms with Crippen molar-refractivity contribution in [2.45, 2.75) is 6.04 Å². The zero-order valence-corrected chi connectivity index (χ0v) is 19.7. The maximum Gasteiger partial charge on any atom is 0.276 e. The molecule has 0 unspecified atom stereocenters. The Morgan fingerprint density at radius 3 is 2.11 bits per heavy atom. The summed E-state index contributed by atoms with van der Waals surface area (Å²) in [5.41, 5.74) is 2.77. The van der Waals surface area contributed by atoms with Gasteiger partial charge in [-0.25, -0.2) is 13.8 Å². The lowest BCUT2D eigenvalue weighted by Crippen LogP contribution is -2.50. The number of carbonyl (C=O) groups is 1. The van der Waals surface area contributed by atoms with E-state index in [9.17, 15) is 13.6 Å². The van der Waals surface area contributed by atoms with E-state index < -0.39 is 0 Å². The average Bonchev–Trinajstić information content (AvgIpc) is 3.41. The van der Waals surface area contributed by atoms with Crippen LogP contribution in [0.4, 0.5) is 8.78 Å². The zero-order valence-electron chi connectivity index (χ0n) is 19.7. The van der Waals surface area contributed by atoms with Crippen LogP contribution >= 0.6 is 0 Å². The van der Waals surface area contributed by atoms with Crippen LogP contribution in [0.3, 0.4) is 0 Å². The standard InChI is InChI=1S/C28H25F2N3O3/c1-35-24-4-2-3-21(17-24)27-25(31-18-36-27)28(34)33-15-13-32(14-16-33)26(19-5-9-22(29)10-6-19)20-7-11-23(30)12-8-20/h2-12,17-18,26H,13-16H2,1H3. The van der Waals surface area contributed by atoms with E-state index in [1.165, 1.54) is 30.7 Å². The number of benzene rings is 3. The molecular formula is C28H25F2N3O3. The second-order valence-electron chi connectivity index (χ2n) is 8.60. The normalized spacial score (nSPS) is 14.3. The van der Waals surface area contributed by atoms with Crippen molar-refractivity contribution < 1.29 is 22.7 Å². The largest absolute Gasteiger partial charge is 0.497 e. The maximum absolute atomic E-state index is 13.6. The minimum absolute atomic E-state index is 0.192. The van der Waals surface area contributed by atoms with Crippen LogP contribution in [0.2, 0.25) is 0 Å². The number of rotatable bonds is 6. The van der Waals surface area contributed by atoms with Crippen molar-refractivity contribution in [1.29, 1.82) is 0 Å². The lowest BCUT2D eigenvalue weighted by molar-refractivity contribution is 0.0592. The highest BCUT2D eigenvalue weighted by molar-refractivity contribution is 5.97. The molecule has 8 heteroatoms. The summed E-state index contributed by atoms with van der Waals surface area (Å²) in [7, 11) is 1.58. The molecular weight excluding hydrogens is 464 g/mol. The van der Waals surface area contributed by atoms with Crippen LogP contribution in [0.15, 0.2) is 83.6 Å². The van der Waals surface area contributed by atoms with Crippen molar-refractivity contribution >= 4 is 5.91 Å². The van der Waals surface area contributed by atoms with E-state index >= 15 is 0 Å². The molecule has 3 aromatic carbocycles. The number of aromatic nitrogens is 1. The third-order valence-corrected chi connectivity index (χ3v) is 6.44. The Balaban J connectivity index is 1.35. The summed E-state index contributed by atoms with van der Waals surface area (Å²) in [6, 6.07) is 19.8. The number of halogens is 2. The quantitative estimate of drug-likeness (QED) is 0.374. The van der Waals surface area contributed by atoms with E-state index in [1.807, 2.05) is 18.2 Å². The predicted octanol–water partition coefficient (Wildman–Crippen LogP) is 5.18. The monoisotopic (exact) mass is 489 g/mol. The van der Waals surface area contributed by atoms with Gasteiger partial charge in [-0.15, -0.1) is 0 Å². The summed E-state index contributed by atoms with van der Waals surface area (Å²) in [4.78, 5) is 21.5. The average molecular weight is 490 g/mol. The molecule has 0 bridgehead atoms. The first-order valence-corrected chi connectivity index (χ1v) is 11.7. The van der Waals surface area contributed by atoms with Crippen LogP contribution < -0.4 is 4.74 Å². The second-order valence-corrected chi connectivity index (χ2v) is 8.60. The number of nitrogens with zero attached hydrogens (tertiary/aromatic N) is 3. The third-order valence-electron chi connectivity index (χ3n) is 6.44. The number of ether oxygens (including phenoxy) is 1. The Bertz CT molecular complexity index is 1290. The molecule has 1 aliphatic rings. The lowest BCUT2D eigenvalue weighted by Gasteiger charge is -2.39. The fourth-order valence-electron chi connectivity index (χ4n) is 4.60. The summed E-state index contributed by atoms with van der Waals surface area (Å²) < 4.78 is 38.0. The summed E-state index contributed by atoms with van der Waals surface area (Å²) in [5.74, 6) is 0.222. The number of amides is 1. The van der Waals surface area contributed by atoms with Crippen molar-refractivity contribution in [2.75, 3.05) is 33.3 Å². The van der Waals surface area contributed by atoms with Crippen LogP contribution in [0.1, 0.15) is 27.7 Å². The van der Waals surface area contributed by atoms with Crippen LogP contribution in [0, 0.1) is 11.6 Å². The van der Waals surface area contributed by atoms with Gasteiger partial charge >= 0.3 is 0 Å². The molecule has 0 atom stereocenters. The Hall–Kier alpha value is -4.04. The van der Waals surface area contributed by atoms with Gasteiger partial charge in [-0.2, -0.15) is 0 Å². The van der Waals surface area contributed by atoms with Gasteiger partial charge < -0.3 is 14.1 Å². The highest BCUT2D eigenvalue weighted by atomic mass is 19.1. The van der Waals surface area contributed by atoms with E-state index in [-0.39, 0.29) is 29.3 Å². The first-order chi connectivity index (χ1) is 17.5. The Kier molecular flexibility index (Phi) is 6.77. The molecule has 0 N–H and O–H groups in total. The molecule has 1 aliphatic heterocycles. The van der Waals surface area contributed by atoms with Crippen molar-refractivity contribution in [1.82, 2.24) is 14.8 Å². The number of piperazine rings is 1. The summed E-state index contributed by atoms with van der Waals surface area (Å²) in [6.07, 6.45) is 1.28. The number of hydrogen-bond donors (Lipinski definition) is 0. The van der Waals surface area contributed by atoms with E-state index in [0.29, 0.717) is 43.3 Å². The number of oxazole rings is 1. The van der Waals surface area contributed by atoms with Crippen molar-refractivity contribution in [3.63, 3.8) is 0 Å². The van der Waals surface area contributed by atoms with Crippen molar-refractivity contribution in [2.24, 2.45) is 0 Å². The Morgan fingerprint density at radius 1 is 0.917 bits per heavy atom. The van der Waals surface area contributed by atoms with Crippen LogP contribution in [-0.2, 0) is 0 Å². The van der Waals surface area contributed by atoms with Gasteiger partial charge in [0.15, 0.2) is 17.8 Å². The molecule has 1 fully saturated rings. The lowest BCUT2D eigenvalue weighted by atomic mass is 9.96. The topological polar surface area (TPSA) is 58.8 Å². The van der Waals surface area contributed by atoms with Gasteiger partial charge in [0.2, 0.25) is 0 Å². The van der Waals surface area contributed by atoms with Crippen molar-refractivity contribution in [3.05, 3.63) is 108 Å². The number of hydrogen-bond acceptors (Lipinski definition) is 5. The second kappa shape index (κ2) is 10.3. The van der Waals surface area contributed by atoms with Gasteiger partial charge in [-0.1, -0.05) is 36.4 Å². The molecule has 0 aliphatic carbocycles. The smallest absolute Gasteiger partial charge is 0.276 e. The highest BCUT2D eigenvalue weighted by Gasteiger charge is 2.31.